The van der Waals surface area contributed by atoms with E-state index in [0.717, 1.165) is 31.4 Å². The lowest BCUT2D eigenvalue weighted by Crippen LogP contribution is -2.41. The number of benzene rings is 1. The highest BCUT2D eigenvalue weighted by Crippen LogP contribution is 2.32. The van der Waals surface area contributed by atoms with Crippen LogP contribution in [0.1, 0.15) is 44.2 Å². The molecule has 0 aliphatic heterocycles. The van der Waals surface area contributed by atoms with Crippen LogP contribution >= 0.6 is 0 Å². The Balaban J connectivity index is 2.22. The Labute approximate surface area is 124 Å². The van der Waals surface area contributed by atoms with Gasteiger partial charge in [0.05, 0.1) is 0 Å². The molecule has 5 heteroatoms. The maximum Gasteiger partial charge on any atom is 0.194 e. The summed E-state index contributed by atoms with van der Waals surface area (Å²) in [5, 5.41) is 0. The normalized spacial score (nSPS) is 24.3. The van der Waals surface area contributed by atoms with E-state index >= 15 is 0 Å². The first-order valence-electron chi connectivity index (χ1n) is 7.50. The minimum atomic E-state index is -1.43. The van der Waals surface area contributed by atoms with Crippen LogP contribution in [0.2, 0.25) is 0 Å². The zero-order valence-corrected chi connectivity index (χ0v) is 12.6. The van der Waals surface area contributed by atoms with Crippen LogP contribution in [0.5, 0.6) is 0 Å². The summed E-state index contributed by atoms with van der Waals surface area (Å²) in [6.45, 7) is 2.46. The maximum atomic E-state index is 13.4. The smallest absolute Gasteiger partial charge is 0.194 e. The predicted molar refractivity (Wildman–Crippen MR) is 77.3 cm³/mol. The Kier molecular flexibility index (Phi) is 5.27. The fraction of sp³-hybridized carbons (Fsp3) is 0.625. The summed E-state index contributed by atoms with van der Waals surface area (Å²) in [5.41, 5.74) is 6.20. The Morgan fingerprint density at radius 1 is 1.24 bits per heavy atom. The molecular weight excluding hydrogens is 277 g/mol. The quantitative estimate of drug-likeness (QED) is 0.861. The van der Waals surface area contributed by atoms with E-state index in [4.69, 9.17) is 5.73 Å². The van der Waals surface area contributed by atoms with Gasteiger partial charge in [-0.05, 0) is 43.5 Å². The van der Waals surface area contributed by atoms with Gasteiger partial charge in [-0.1, -0.05) is 19.8 Å². The summed E-state index contributed by atoms with van der Waals surface area (Å²) < 4.78 is 40.0. The van der Waals surface area contributed by atoms with Gasteiger partial charge in [-0.15, -0.1) is 0 Å². The van der Waals surface area contributed by atoms with Gasteiger partial charge in [0.25, 0.3) is 0 Å². The Morgan fingerprint density at radius 3 is 2.38 bits per heavy atom. The van der Waals surface area contributed by atoms with E-state index in [9.17, 15) is 13.2 Å². The maximum absolute atomic E-state index is 13.4. The van der Waals surface area contributed by atoms with Crippen molar-refractivity contribution in [3.8, 4) is 0 Å². The molecule has 0 aromatic heterocycles. The van der Waals surface area contributed by atoms with Crippen molar-refractivity contribution in [2.24, 2.45) is 11.7 Å². The van der Waals surface area contributed by atoms with Gasteiger partial charge in [-0.3, -0.25) is 4.90 Å². The van der Waals surface area contributed by atoms with Gasteiger partial charge in [0, 0.05) is 18.6 Å². The first-order chi connectivity index (χ1) is 9.93. The van der Waals surface area contributed by atoms with Crippen molar-refractivity contribution in [2.45, 2.75) is 44.7 Å². The highest BCUT2D eigenvalue weighted by molar-refractivity contribution is 5.23. The number of nitrogens with zero attached hydrogens (tertiary/aromatic N) is 1. The molecule has 2 N–H and O–H groups in total. The van der Waals surface area contributed by atoms with Crippen molar-refractivity contribution in [2.75, 3.05) is 13.6 Å². The molecule has 21 heavy (non-hydrogen) atoms. The van der Waals surface area contributed by atoms with E-state index in [1.165, 1.54) is 6.42 Å². The third-order valence-electron chi connectivity index (χ3n) is 4.59. The van der Waals surface area contributed by atoms with Crippen molar-refractivity contribution in [3.05, 3.63) is 35.1 Å². The summed E-state index contributed by atoms with van der Waals surface area (Å²) in [5.74, 6) is -3.10. The van der Waals surface area contributed by atoms with Crippen LogP contribution in [0, 0.1) is 23.4 Å². The van der Waals surface area contributed by atoms with E-state index in [1.54, 1.807) is 0 Å². The second-order valence-corrected chi connectivity index (χ2v) is 6.14. The topological polar surface area (TPSA) is 29.3 Å². The zero-order chi connectivity index (χ0) is 15.6. The molecular formula is C16H23F3N2. The summed E-state index contributed by atoms with van der Waals surface area (Å²) in [6.07, 6.45) is 4.49. The molecule has 3 atom stereocenters. The lowest BCUT2D eigenvalue weighted by atomic mass is 9.85. The van der Waals surface area contributed by atoms with E-state index < -0.39 is 17.5 Å². The van der Waals surface area contributed by atoms with E-state index in [2.05, 4.69) is 11.8 Å². The molecule has 118 valence electrons. The highest BCUT2D eigenvalue weighted by atomic mass is 19.2. The molecule has 1 fully saturated rings. The molecule has 0 spiro atoms. The van der Waals surface area contributed by atoms with Crippen LogP contribution in [-0.2, 0) is 0 Å². The summed E-state index contributed by atoms with van der Waals surface area (Å²) >= 11 is 0. The molecule has 2 rings (SSSR count). The van der Waals surface area contributed by atoms with Crippen LogP contribution in [0.4, 0.5) is 13.2 Å². The largest absolute Gasteiger partial charge is 0.329 e. The Hall–Kier alpha value is -1.07. The number of rotatable bonds is 4. The third-order valence-corrected chi connectivity index (χ3v) is 4.59. The van der Waals surface area contributed by atoms with Crippen molar-refractivity contribution in [3.63, 3.8) is 0 Å². The number of likely N-dealkylation sites (N-methyl/N-ethyl adjacent to an activating group) is 1. The minimum absolute atomic E-state index is 0.242. The van der Waals surface area contributed by atoms with Gasteiger partial charge in [0.15, 0.2) is 17.5 Å². The van der Waals surface area contributed by atoms with Gasteiger partial charge in [-0.25, -0.2) is 13.2 Å². The number of hydrogen-bond donors (Lipinski definition) is 1. The Morgan fingerprint density at radius 2 is 1.86 bits per heavy atom. The fourth-order valence-corrected chi connectivity index (χ4v) is 3.33. The Bertz CT molecular complexity index is 469. The van der Waals surface area contributed by atoms with Crippen molar-refractivity contribution in [1.82, 2.24) is 4.90 Å². The average Bonchev–Trinajstić information content (AvgIpc) is 2.45. The van der Waals surface area contributed by atoms with Crippen molar-refractivity contribution >= 4 is 0 Å². The number of hydrogen-bond acceptors (Lipinski definition) is 2. The van der Waals surface area contributed by atoms with Crippen LogP contribution in [0.25, 0.3) is 0 Å². The van der Waals surface area contributed by atoms with E-state index in [0.29, 0.717) is 17.5 Å². The van der Waals surface area contributed by atoms with Crippen LogP contribution in [-0.4, -0.2) is 24.5 Å². The van der Waals surface area contributed by atoms with E-state index in [1.807, 2.05) is 7.05 Å². The fourth-order valence-electron chi connectivity index (χ4n) is 3.33. The van der Waals surface area contributed by atoms with Gasteiger partial charge in [-0.2, -0.15) is 0 Å². The molecule has 0 saturated heterocycles. The molecule has 0 amide bonds. The van der Waals surface area contributed by atoms with Crippen LogP contribution in [0.3, 0.4) is 0 Å². The third kappa shape index (κ3) is 3.58. The second-order valence-electron chi connectivity index (χ2n) is 6.14. The van der Waals surface area contributed by atoms with Gasteiger partial charge < -0.3 is 5.73 Å². The van der Waals surface area contributed by atoms with Gasteiger partial charge in [0.1, 0.15) is 0 Å². The first-order valence-corrected chi connectivity index (χ1v) is 7.50. The molecule has 0 radical (unpaired) electrons. The molecule has 0 bridgehead atoms. The average molecular weight is 300 g/mol. The summed E-state index contributed by atoms with van der Waals surface area (Å²) in [7, 11) is 1.93. The van der Waals surface area contributed by atoms with Crippen molar-refractivity contribution in [1.29, 1.82) is 0 Å². The second kappa shape index (κ2) is 6.79. The molecule has 0 heterocycles. The summed E-state index contributed by atoms with van der Waals surface area (Å²) in [4.78, 5) is 2.09. The number of halogens is 3. The van der Waals surface area contributed by atoms with Crippen LogP contribution < -0.4 is 5.73 Å². The minimum Gasteiger partial charge on any atom is -0.329 e. The molecule has 1 aromatic rings. The number of nitrogens with two attached hydrogens (primary N) is 1. The van der Waals surface area contributed by atoms with Gasteiger partial charge in [0.2, 0.25) is 0 Å². The molecule has 1 saturated carbocycles. The molecule has 2 nitrogen and oxygen atoms in total. The lowest BCUT2D eigenvalue weighted by molar-refractivity contribution is 0.120. The SMILES string of the molecule is CC1CCCC(N(C)C(CN)c2cc(F)c(F)c(F)c2)C1. The first kappa shape index (κ1) is 16.3. The summed E-state index contributed by atoms with van der Waals surface area (Å²) in [6, 6.07) is 2.15. The molecule has 1 aliphatic carbocycles. The molecule has 1 aromatic carbocycles. The lowest BCUT2D eigenvalue weighted by Gasteiger charge is -2.39. The molecule has 3 unspecified atom stereocenters. The predicted octanol–water partition coefficient (Wildman–Crippen LogP) is 3.61. The standard InChI is InChI=1S/C16H23F3N2/c1-10-4-3-5-12(6-10)21(2)15(9-20)11-7-13(17)16(19)14(18)8-11/h7-8,10,12,15H,3-6,9,20H2,1-2H3. The van der Waals surface area contributed by atoms with Crippen molar-refractivity contribution < 1.29 is 13.2 Å². The van der Waals surface area contributed by atoms with Crippen LogP contribution in [0.15, 0.2) is 12.1 Å². The van der Waals surface area contributed by atoms with Gasteiger partial charge >= 0.3 is 0 Å². The van der Waals surface area contributed by atoms with E-state index in [-0.39, 0.29) is 12.6 Å². The highest BCUT2D eigenvalue weighted by Gasteiger charge is 2.28. The monoisotopic (exact) mass is 300 g/mol. The zero-order valence-electron chi connectivity index (χ0n) is 12.6. The molecule has 1 aliphatic rings.